The first-order valence-corrected chi connectivity index (χ1v) is 5.42. The van der Waals surface area contributed by atoms with Crippen molar-refractivity contribution in [1.82, 2.24) is 14.1 Å². The van der Waals surface area contributed by atoms with E-state index in [4.69, 9.17) is 0 Å². The number of anilines is 1. The Hall–Kier alpha value is -1.59. The molecular weight excluding hydrogens is 208 g/mol. The van der Waals surface area contributed by atoms with Gasteiger partial charge in [-0.25, -0.2) is 14.2 Å². The van der Waals surface area contributed by atoms with Gasteiger partial charge in [0, 0.05) is 19.6 Å². The molecule has 0 radical (unpaired) electrons. The van der Waals surface area contributed by atoms with Crippen molar-refractivity contribution in [1.29, 1.82) is 0 Å². The highest BCUT2D eigenvalue weighted by Crippen LogP contribution is 1.98. The molecule has 1 N–H and O–H groups in total. The minimum atomic E-state index is -0.503. The highest BCUT2D eigenvalue weighted by Gasteiger charge is 2.11. The quantitative estimate of drug-likeness (QED) is 0.804. The number of hydrogen-bond donors (Lipinski definition) is 1. The fourth-order valence-corrected chi connectivity index (χ4v) is 1.39. The van der Waals surface area contributed by atoms with E-state index in [0.29, 0.717) is 12.5 Å². The molecule has 0 saturated heterocycles. The summed E-state index contributed by atoms with van der Waals surface area (Å²) in [5.41, 5.74) is -0.842. The van der Waals surface area contributed by atoms with Crippen molar-refractivity contribution in [2.24, 2.45) is 7.05 Å². The summed E-state index contributed by atoms with van der Waals surface area (Å²) in [6, 6.07) is -0.182. The molecule has 0 fully saturated rings. The van der Waals surface area contributed by atoms with Gasteiger partial charge in [0.15, 0.2) is 0 Å². The maximum Gasteiger partial charge on any atom is 0.355 e. The molecule has 0 amide bonds. The van der Waals surface area contributed by atoms with Crippen LogP contribution in [0, 0.1) is 0 Å². The second kappa shape index (κ2) is 4.96. The molecule has 0 aliphatic heterocycles. The summed E-state index contributed by atoms with van der Waals surface area (Å²) in [4.78, 5) is 27.3. The zero-order valence-electron chi connectivity index (χ0n) is 10.1. The van der Waals surface area contributed by atoms with Crippen molar-refractivity contribution >= 4 is 5.95 Å². The van der Waals surface area contributed by atoms with Crippen LogP contribution in [0.5, 0.6) is 0 Å². The maximum absolute atomic E-state index is 11.9. The van der Waals surface area contributed by atoms with Crippen molar-refractivity contribution in [3.05, 3.63) is 21.0 Å². The minimum Gasteiger partial charge on any atom is -0.355 e. The maximum atomic E-state index is 11.9. The number of nitrogens with zero attached hydrogens (tertiary/aromatic N) is 3. The first kappa shape index (κ1) is 12.5. The molecule has 0 aromatic carbocycles. The Balaban J connectivity index is 3.29. The van der Waals surface area contributed by atoms with E-state index in [9.17, 15) is 9.59 Å². The van der Waals surface area contributed by atoms with Crippen LogP contribution in [0.3, 0.4) is 0 Å². The molecule has 1 aromatic rings. The first-order valence-electron chi connectivity index (χ1n) is 5.42. The molecule has 0 aliphatic carbocycles. The van der Waals surface area contributed by atoms with E-state index in [-0.39, 0.29) is 11.7 Å². The van der Waals surface area contributed by atoms with Gasteiger partial charge in [0.05, 0.1) is 0 Å². The summed E-state index contributed by atoms with van der Waals surface area (Å²) in [6.45, 7) is 6.25. The zero-order valence-corrected chi connectivity index (χ0v) is 10.1. The lowest BCUT2D eigenvalue weighted by Gasteiger charge is -2.13. The normalized spacial score (nSPS) is 10.8. The number of rotatable bonds is 4. The van der Waals surface area contributed by atoms with Gasteiger partial charge >= 0.3 is 11.4 Å². The van der Waals surface area contributed by atoms with Crippen LogP contribution in [0.2, 0.25) is 0 Å². The van der Waals surface area contributed by atoms with Gasteiger partial charge in [-0.05, 0) is 20.3 Å². The Morgan fingerprint density at radius 3 is 2.50 bits per heavy atom. The first-order chi connectivity index (χ1) is 7.49. The molecule has 16 heavy (non-hydrogen) atoms. The largest absolute Gasteiger partial charge is 0.355 e. The van der Waals surface area contributed by atoms with E-state index in [2.05, 4.69) is 10.3 Å². The molecule has 0 saturated carbocycles. The fraction of sp³-hybridized carbons (Fsp3) is 0.700. The molecule has 90 valence electrons. The Bertz CT molecular complexity index is 473. The molecule has 0 atom stereocenters. The van der Waals surface area contributed by atoms with Gasteiger partial charge in [0.1, 0.15) is 0 Å². The Labute approximate surface area is 93.9 Å². The average molecular weight is 226 g/mol. The number of aromatic nitrogens is 3. The van der Waals surface area contributed by atoms with Crippen LogP contribution in [0.1, 0.15) is 33.2 Å². The summed E-state index contributed by atoms with van der Waals surface area (Å²) < 4.78 is 2.49. The second-order valence-electron chi connectivity index (χ2n) is 3.95. The van der Waals surface area contributed by atoms with Crippen molar-refractivity contribution in [2.45, 2.75) is 33.2 Å². The lowest BCUT2D eigenvalue weighted by Crippen LogP contribution is -2.42. The average Bonchev–Trinajstić information content (AvgIpc) is 2.21. The molecule has 6 nitrogen and oxygen atoms in total. The van der Waals surface area contributed by atoms with Crippen LogP contribution in [-0.2, 0) is 7.05 Å². The summed E-state index contributed by atoms with van der Waals surface area (Å²) in [7, 11) is 1.60. The Morgan fingerprint density at radius 1 is 1.38 bits per heavy atom. The highest BCUT2D eigenvalue weighted by molar-refractivity contribution is 5.22. The van der Waals surface area contributed by atoms with E-state index in [1.807, 2.05) is 6.92 Å². The van der Waals surface area contributed by atoms with Crippen LogP contribution in [0.15, 0.2) is 9.59 Å². The van der Waals surface area contributed by atoms with Gasteiger partial charge in [0.25, 0.3) is 0 Å². The third kappa shape index (κ3) is 2.32. The predicted molar refractivity (Wildman–Crippen MR) is 62.9 cm³/mol. The smallest absolute Gasteiger partial charge is 0.355 e. The molecule has 1 aromatic heterocycles. The number of hydrogen-bond acceptors (Lipinski definition) is 4. The van der Waals surface area contributed by atoms with Gasteiger partial charge in [0.2, 0.25) is 5.95 Å². The van der Waals surface area contributed by atoms with Crippen molar-refractivity contribution in [3.63, 3.8) is 0 Å². The second-order valence-corrected chi connectivity index (χ2v) is 3.95. The van der Waals surface area contributed by atoms with E-state index in [1.165, 1.54) is 4.57 Å². The van der Waals surface area contributed by atoms with Crippen LogP contribution in [-0.4, -0.2) is 20.7 Å². The minimum absolute atomic E-state index is 0.182. The predicted octanol–water partition coefficient (Wildman–Crippen LogP) is 0.345. The molecular formula is C10H18N4O2. The summed E-state index contributed by atoms with van der Waals surface area (Å²) in [5, 5.41) is 2.95. The van der Waals surface area contributed by atoms with Crippen molar-refractivity contribution < 1.29 is 0 Å². The van der Waals surface area contributed by atoms with E-state index < -0.39 is 5.69 Å². The molecule has 0 unspecified atom stereocenters. The lowest BCUT2D eigenvalue weighted by molar-refractivity contribution is 0.505. The van der Waals surface area contributed by atoms with Crippen LogP contribution in [0.4, 0.5) is 5.95 Å². The van der Waals surface area contributed by atoms with Crippen LogP contribution < -0.4 is 16.7 Å². The molecule has 0 bridgehead atoms. The molecule has 1 rings (SSSR count). The monoisotopic (exact) mass is 226 g/mol. The standard InChI is InChI=1S/C10H18N4O2/c1-5-6-11-8-12-9(15)14(7(2)3)10(16)13(8)4/h7H,5-6H2,1-4H3,(H,11,12,15). The lowest BCUT2D eigenvalue weighted by atomic mass is 10.4. The van der Waals surface area contributed by atoms with Crippen LogP contribution in [0.25, 0.3) is 0 Å². The SMILES string of the molecule is CCCNc1nc(=O)n(C(C)C)c(=O)n1C. The van der Waals surface area contributed by atoms with Crippen molar-refractivity contribution in [3.8, 4) is 0 Å². The third-order valence-corrected chi connectivity index (χ3v) is 2.27. The van der Waals surface area contributed by atoms with Gasteiger partial charge < -0.3 is 5.32 Å². The van der Waals surface area contributed by atoms with E-state index in [0.717, 1.165) is 11.0 Å². The third-order valence-electron chi connectivity index (χ3n) is 2.27. The van der Waals surface area contributed by atoms with Crippen molar-refractivity contribution in [2.75, 3.05) is 11.9 Å². The summed E-state index contributed by atoms with van der Waals surface area (Å²) >= 11 is 0. The molecule has 0 aliphatic rings. The van der Waals surface area contributed by atoms with Gasteiger partial charge in [-0.2, -0.15) is 4.98 Å². The number of nitrogens with one attached hydrogen (secondary N) is 1. The van der Waals surface area contributed by atoms with Gasteiger partial charge in [-0.15, -0.1) is 0 Å². The molecule has 6 heteroatoms. The fourth-order valence-electron chi connectivity index (χ4n) is 1.39. The van der Waals surface area contributed by atoms with Crippen LogP contribution >= 0.6 is 0 Å². The summed E-state index contributed by atoms with van der Waals surface area (Å²) in [6.07, 6.45) is 0.906. The Kier molecular flexibility index (Phi) is 3.87. The van der Waals surface area contributed by atoms with E-state index >= 15 is 0 Å². The molecule has 0 spiro atoms. The Morgan fingerprint density at radius 2 is 2.00 bits per heavy atom. The van der Waals surface area contributed by atoms with Gasteiger partial charge in [-0.3, -0.25) is 4.57 Å². The van der Waals surface area contributed by atoms with Gasteiger partial charge in [-0.1, -0.05) is 6.92 Å². The topological polar surface area (TPSA) is 68.9 Å². The zero-order chi connectivity index (χ0) is 12.3. The molecule has 1 heterocycles. The highest BCUT2D eigenvalue weighted by atomic mass is 16.2. The summed E-state index contributed by atoms with van der Waals surface area (Å²) in [5.74, 6) is 0.328. The van der Waals surface area contributed by atoms with E-state index in [1.54, 1.807) is 20.9 Å².